The lowest BCUT2D eigenvalue weighted by molar-refractivity contribution is -0.141. The first-order chi connectivity index (χ1) is 8.16. The van der Waals surface area contributed by atoms with Gasteiger partial charge in [-0.2, -0.15) is 0 Å². The molecule has 2 aromatic rings. The Bertz CT molecular complexity index is 510. The maximum absolute atomic E-state index is 10.7. The summed E-state index contributed by atoms with van der Waals surface area (Å²) >= 11 is 1.48. The highest BCUT2D eigenvalue weighted by molar-refractivity contribution is 7.09. The van der Waals surface area contributed by atoms with Gasteiger partial charge in [0.25, 0.3) is 0 Å². The van der Waals surface area contributed by atoms with Crippen LogP contribution in [0.15, 0.2) is 29.8 Å². The Morgan fingerprint density at radius 2 is 2.29 bits per heavy atom. The van der Waals surface area contributed by atoms with Gasteiger partial charge in [0.05, 0.1) is 22.3 Å². The molecular formula is C12H12N2O2S. The van der Waals surface area contributed by atoms with E-state index < -0.39 is 11.9 Å². The van der Waals surface area contributed by atoms with Crippen molar-refractivity contribution in [1.82, 2.24) is 9.97 Å². The highest BCUT2D eigenvalue weighted by Crippen LogP contribution is 2.21. The summed E-state index contributed by atoms with van der Waals surface area (Å²) in [5.74, 6) is -1.20. The molecule has 0 aromatic carbocycles. The van der Waals surface area contributed by atoms with Crippen molar-refractivity contribution in [3.05, 3.63) is 34.8 Å². The van der Waals surface area contributed by atoms with Gasteiger partial charge in [-0.15, -0.1) is 11.3 Å². The van der Waals surface area contributed by atoms with Gasteiger partial charge in [0.15, 0.2) is 0 Å². The van der Waals surface area contributed by atoms with Gasteiger partial charge in [-0.05, 0) is 12.1 Å². The molecule has 0 radical (unpaired) electrons. The van der Waals surface area contributed by atoms with Crippen LogP contribution in [-0.2, 0) is 11.2 Å². The fourth-order valence-electron chi connectivity index (χ4n) is 1.39. The monoisotopic (exact) mass is 248 g/mol. The van der Waals surface area contributed by atoms with E-state index in [0.717, 1.165) is 16.4 Å². The Morgan fingerprint density at radius 3 is 2.94 bits per heavy atom. The number of pyridine rings is 1. The highest BCUT2D eigenvalue weighted by atomic mass is 32.1. The minimum absolute atomic E-state index is 0.405. The summed E-state index contributed by atoms with van der Waals surface area (Å²) < 4.78 is 0. The van der Waals surface area contributed by atoms with Crippen molar-refractivity contribution in [3.63, 3.8) is 0 Å². The Labute approximate surface area is 103 Å². The van der Waals surface area contributed by atoms with Gasteiger partial charge in [0.2, 0.25) is 0 Å². The Hall–Kier alpha value is -1.75. The van der Waals surface area contributed by atoms with E-state index in [9.17, 15) is 4.79 Å². The average molecular weight is 248 g/mol. The van der Waals surface area contributed by atoms with E-state index in [1.54, 1.807) is 13.1 Å². The quantitative estimate of drug-likeness (QED) is 0.902. The summed E-state index contributed by atoms with van der Waals surface area (Å²) in [4.78, 5) is 19.3. The first kappa shape index (κ1) is 11.7. The van der Waals surface area contributed by atoms with Gasteiger partial charge >= 0.3 is 5.97 Å². The number of aromatic nitrogens is 2. The predicted octanol–water partition coefficient (Wildman–Crippen LogP) is 2.47. The standard InChI is InChI=1S/C12H12N2O2S/c1-8(12(15)16)6-11-14-10(7-17-11)9-4-2-3-5-13-9/h2-5,7-8H,6H2,1H3,(H,15,16). The number of thiazole rings is 1. The van der Waals surface area contributed by atoms with Crippen LogP contribution in [0.1, 0.15) is 11.9 Å². The van der Waals surface area contributed by atoms with E-state index in [1.165, 1.54) is 11.3 Å². The Kier molecular flexibility index (Phi) is 3.49. The summed E-state index contributed by atoms with van der Waals surface area (Å²) in [6.07, 6.45) is 2.18. The molecule has 1 atom stereocenters. The number of rotatable bonds is 4. The van der Waals surface area contributed by atoms with Crippen LogP contribution in [0.2, 0.25) is 0 Å². The molecule has 0 saturated carbocycles. The zero-order chi connectivity index (χ0) is 12.3. The number of aliphatic carboxylic acids is 1. The lowest BCUT2D eigenvalue weighted by Crippen LogP contribution is -2.11. The van der Waals surface area contributed by atoms with Crippen LogP contribution in [0.5, 0.6) is 0 Å². The number of carbonyl (C=O) groups is 1. The maximum Gasteiger partial charge on any atom is 0.306 e. The van der Waals surface area contributed by atoms with Crippen molar-refractivity contribution in [2.75, 3.05) is 0 Å². The molecule has 0 aliphatic rings. The summed E-state index contributed by atoms with van der Waals surface area (Å²) in [6.45, 7) is 1.68. The highest BCUT2D eigenvalue weighted by Gasteiger charge is 2.14. The zero-order valence-corrected chi connectivity index (χ0v) is 10.1. The van der Waals surface area contributed by atoms with E-state index in [1.807, 2.05) is 23.6 Å². The minimum Gasteiger partial charge on any atom is -0.481 e. The van der Waals surface area contributed by atoms with Gasteiger partial charge < -0.3 is 5.11 Å². The van der Waals surface area contributed by atoms with E-state index >= 15 is 0 Å². The molecule has 0 fully saturated rings. The van der Waals surface area contributed by atoms with Gasteiger partial charge in [0, 0.05) is 18.0 Å². The second kappa shape index (κ2) is 5.05. The summed E-state index contributed by atoms with van der Waals surface area (Å²) in [7, 11) is 0. The molecule has 88 valence electrons. The molecule has 0 aliphatic carbocycles. The van der Waals surface area contributed by atoms with Crippen molar-refractivity contribution in [2.45, 2.75) is 13.3 Å². The fraction of sp³-hybridized carbons (Fsp3) is 0.250. The van der Waals surface area contributed by atoms with E-state index in [4.69, 9.17) is 5.11 Å². The molecule has 2 heterocycles. The number of carboxylic acid groups (broad SMARTS) is 1. The lowest BCUT2D eigenvalue weighted by Gasteiger charge is -2.01. The summed E-state index contributed by atoms with van der Waals surface area (Å²) in [5, 5.41) is 11.6. The third-order valence-corrected chi connectivity index (χ3v) is 3.25. The van der Waals surface area contributed by atoms with E-state index in [-0.39, 0.29) is 0 Å². The first-order valence-corrected chi connectivity index (χ1v) is 6.13. The molecule has 5 heteroatoms. The molecule has 2 rings (SSSR count). The molecule has 1 N–H and O–H groups in total. The van der Waals surface area contributed by atoms with Gasteiger partial charge in [-0.3, -0.25) is 9.78 Å². The second-order valence-corrected chi connectivity index (χ2v) is 4.73. The smallest absolute Gasteiger partial charge is 0.306 e. The molecule has 17 heavy (non-hydrogen) atoms. The summed E-state index contributed by atoms with van der Waals surface area (Å²) in [6, 6.07) is 5.64. The molecule has 4 nitrogen and oxygen atoms in total. The van der Waals surface area contributed by atoms with Gasteiger partial charge in [0.1, 0.15) is 0 Å². The average Bonchev–Trinajstić information content (AvgIpc) is 2.78. The number of hydrogen-bond donors (Lipinski definition) is 1. The van der Waals surface area contributed by atoms with Crippen LogP contribution in [-0.4, -0.2) is 21.0 Å². The van der Waals surface area contributed by atoms with Crippen LogP contribution in [0.4, 0.5) is 0 Å². The minimum atomic E-state index is -0.792. The number of nitrogens with zero attached hydrogens (tertiary/aromatic N) is 2. The molecule has 2 aromatic heterocycles. The topological polar surface area (TPSA) is 63.1 Å². The van der Waals surface area contributed by atoms with Gasteiger partial charge in [-0.25, -0.2) is 4.98 Å². The van der Waals surface area contributed by atoms with Crippen LogP contribution in [0, 0.1) is 5.92 Å². The molecular weight excluding hydrogens is 236 g/mol. The van der Waals surface area contributed by atoms with E-state index in [0.29, 0.717) is 6.42 Å². The number of hydrogen-bond acceptors (Lipinski definition) is 4. The third-order valence-electron chi connectivity index (χ3n) is 2.38. The molecule has 0 spiro atoms. The normalized spacial score (nSPS) is 12.3. The molecule has 0 amide bonds. The van der Waals surface area contributed by atoms with Crippen molar-refractivity contribution in [2.24, 2.45) is 5.92 Å². The van der Waals surface area contributed by atoms with Crippen molar-refractivity contribution < 1.29 is 9.90 Å². The third kappa shape index (κ3) is 2.88. The lowest BCUT2D eigenvalue weighted by atomic mass is 10.1. The number of carboxylic acids is 1. The Balaban J connectivity index is 2.14. The van der Waals surface area contributed by atoms with Crippen LogP contribution in [0.3, 0.4) is 0 Å². The van der Waals surface area contributed by atoms with Crippen molar-refractivity contribution >= 4 is 17.3 Å². The zero-order valence-electron chi connectivity index (χ0n) is 9.33. The Morgan fingerprint density at radius 1 is 1.47 bits per heavy atom. The van der Waals surface area contributed by atoms with Crippen LogP contribution >= 0.6 is 11.3 Å². The van der Waals surface area contributed by atoms with Crippen molar-refractivity contribution in [1.29, 1.82) is 0 Å². The second-order valence-electron chi connectivity index (χ2n) is 3.78. The molecule has 1 unspecified atom stereocenters. The molecule has 0 bridgehead atoms. The van der Waals surface area contributed by atoms with E-state index in [2.05, 4.69) is 9.97 Å². The fourth-order valence-corrected chi connectivity index (χ4v) is 2.30. The molecule has 0 aliphatic heterocycles. The van der Waals surface area contributed by atoms with Crippen LogP contribution < -0.4 is 0 Å². The predicted molar refractivity (Wildman–Crippen MR) is 65.8 cm³/mol. The summed E-state index contributed by atoms with van der Waals surface area (Å²) in [5.41, 5.74) is 1.63. The maximum atomic E-state index is 10.7. The first-order valence-electron chi connectivity index (χ1n) is 5.25. The largest absolute Gasteiger partial charge is 0.481 e. The van der Waals surface area contributed by atoms with Crippen molar-refractivity contribution in [3.8, 4) is 11.4 Å². The van der Waals surface area contributed by atoms with Gasteiger partial charge in [-0.1, -0.05) is 13.0 Å². The van der Waals surface area contributed by atoms with Crippen LogP contribution in [0.25, 0.3) is 11.4 Å². The SMILES string of the molecule is CC(Cc1nc(-c2ccccn2)cs1)C(=O)O. The molecule has 0 saturated heterocycles.